The largest absolute Gasteiger partial charge is 0.361 e. The highest BCUT2D eigenvalue weighted by Crippen LogP contribution is 2.31. The van der Waals surface area contributed by atoms with Gasteiger partial charge in [-0.2, -0.15) is 0 Å². The highest BCUT2D eigenvalue weighted by Gasteiger charge is 2.17. The molecule has 0 N–H and O–H groups in total. The molecule has 4 aromatic rings. The van der Waals surface area contributed by atoms with Crippen molar-refractivity contribution in [2.45, 2.75) is 20.4 Å². The van der Waals surface area contributed by atoms with Gasteiger partial charge in [-0.05, 0) is 25.5 Å². The van der Waals surface area contributed by atoms with Crippen molar-refractivity contribution in [2.24, 2.45) is 0 Å². The number of aromatic nitrogens is 3. The van der Waals surface area contributed by atoms with E-state index >= 15 is 0 Å². The first-order valence-electron chi connectivity index (χ1n) is 8.09. The van der Waals surface area contributed by atoms with Crippen molar-refractivity contribution >= 4 is 10.8 Å². The number of fused-ring (bicyclic) bond motifs is 1. The molecule has 0 aliphatic heterocycles. The summed E-state index contributed by atoms with van der Waals surface area (Å²) in [7, 11) is 0. The predicted octanol–water partition coefficient (Wildman–Crippen LogP) is 3.72. The Bertz CT molecular complexity index is 1090. The van der Waals surface area contributed by atoms with Crippen LogP contribution in [0.25, 0.3) is 21.9 Å². The van der Waals surface area contributed by atoms with Gasteiger partial charge in [0.25, 0.3) is 5.56 Å². The smallest absolute Gasteiger partial charge is 0.258 e. The monoisotopic (exact) mass is 331 g/mol. The molecule has 25 heavy (non-hydrogen) atoms. The molecular formula is C20H17N3O2. The van der Waals surface area contributed by atoms with Crippen LogP contribution in [0.1, 0.15) is 17.0 Å². The van der Waals surface area contributed by atoms with Crippen LogP contribution in [-0.4, -0.2) is 14.7 Å². The molecule has 3 aromatic heterocycles. The van der Waals surface area contributed by atoms with Crippen molar-refractivity contribution in [1.29, 1.82) is 0 Å². The van der Waals surface area contributed by atoms with Crippen molar-refractivity contribution in [1.82, 2.24) is 14.7 Å². The number of hydrogen-bond donors (Lipinski definition) is 0. The maximum atomic E-state index is 12.9. The lowest BCUT2D eigenvalue weighted by atomic mass is 10.0. The average molecular weight is 331 g/mol. The molecule has 1 aromatic carbocycles. The van der Waals surface area contributed by atoms with Crippen LogP contribution in [0.5, 0.6) is 0 Å². The van der Waals surface area contributed by atoms with E-state index in [-0.39, 0.29) is 5.56 Å². The minimum absolute atomic E-state index is 0.0308. The van der Waals surface area contributed by atoms with E-state index in [2.05, 4.69) is 10.1 Å². The third kappa shape index (κ3) is 2.63. The van der Waals surface area contributed by atoms with Crippen LogP contribution in [-0.2, 0) is 6.54 Å². The molecule has 0 amide bonds. The number of pyridine rings is 2. The summed E-state index contributed by atoms with van der Waals surface area (Å²) < 4.78 is 7.06. The molecule has 0 bridgehead atoms. The van der Waals surface area contributed by atoms with E-state index in [1.54, 1.807) is 23.0 Å². The molecular weight excluding hydrogens is 314 g/mol. The van der Waals surface area contributed by atoms with Gasteiger partial charge < -0.3 is 9.09 Å². The van der Waals surface area contributed by atoms with Crippen molar-refractivity contribution in [3.8, 4) is 11.1 Å². The van der Waals surface area contributed by atoms with Gasteiger partial charge in [-0.3, -0.25) is 9.78 Å². The summed E-state index contributed by atoms with van der Waals surface area (Å²) in [5.74, 6) is 0.729. The summed E-state index contributed by atoms with van der Waals surface area (Å²) in [6, 6.07) is 11.7. The second kappa shape index (κ2) is 6.02. The highest BCUT2D eigenvalue weighted by molar-refractivity contribution is 5.96. The Morgan fingerprint density at radius 1 is 1.08 bits per heavy atom. The minimum atomic E-state index is -0.0308. The third-order valence-corrected chi connectivity index (χ3v) is 4.39. The van der Waals surface area contributed by atoms with Crippen LogP contribution < -0.4 is 5.56 Å². The Labute approximate surface area is 144 Å². The Hall–Kier alpha value is -3.21. The van der Waals surface area contributed by atoms with Crippen LogP contribution in [0.4, 0.5) is 0 Å². The molecule has 0 fully saturated rings. The van der Waals surface area contributed by atoms with Crippen LogP contribution in [0, 0.1) is 13.8 Å². The van der Waals surface area contributed by atoms with Crippen LogP contribution >= 0.6 is 0 Å². The predicted molar refractivity (Wildman–Crippen MR) is 96.5 cm³/mol. The number of nitrogens with zero attached hydrogens (tertiary/aromatic N) is 3. The average Bonchev–Trinajstić information content (AvgIpc) is 2.97. The second-order valence-corrected chi connectivity index (χ2v) is 6.08. The summed E-state index contributed by atoms with van der Waals surface area (Å²) in [5, 5.41) is 5.51. The normalized spacial score (nSPS) is 11.1. The van der Waals surface area contributed by atoms with Gasteiger partial charge in [0.05, 0.1) is 17.6 Å². The van der Waals surface area contributed by atoms with E-state index in [0.29, 0.717) is 11.9 Å². The van der Waals surface area contributed by atoms with Crippen molar-refractivity contribution in [3.05, 3.63) is 82.4 Å². The SMILES string of the molecule is Cc1noc(C)c1-c1cn(Cc2ccccc2)c(=O)c2ccncc12. The number of hydrogen-bond acceptors (Lipinski definition) is 4. The fourth-order valence-electron chi connectivity index (χ4n) is 3.20. The highest BCUT2D eigenvalue weighted by atomic mass is 16.5. The van der Waals surface area contributed by atoms with Crippen molar-refractivity contribution in [3.63, 3.8) is 0 Å². The summed E-state index contributed by atoms with van der Waals surface area (Å²) in [6.45, 7) is 4.29. The fourth-order valence-corrected chi connectivity index (χ4v) is 3.20. The molecule has 5 heteroatoms. The molecule has 0 aliphatic carbocycles. The van der Waals surface area contributed by atoms with E-state index in [1.807, 2.05) is 50.4 Å². The quantitative estimate of drug-likeness (QED) is 0.574. The van der Waals surface area contributed by atoms with E-state index in [0.717, 1.165) is 33.5 Å². The van der Waals surface area contributed by atoms with Crippen molar-refractivity contribution in [2.75, 3.05) is 0 Å². The first-order valence-corrected chi connectivity index (χ1v) is 8.09. The van der Waals surface area contributed by atoms with Crippen LogP contribution in [0.2, 0.25) is 0 Å². The van der Waals surface area contributed by atoms with E-state index in [9.17, 15) is 4.79 Å². The molecule has 0 unspecified atom stereocenters. The zero-order valence-electron chi connectivity index (χ0n) is 14.1. The van der Waals surface area contributed by atoms with Gasteiger partial charge in [0.2, 0.25) is 0 Å². The standard InChI is InChI=1S/C20H17N3O2/c1-13-19(14(2)25-22-13)18-12-23(11-15-6-4-3-5-7-15)20(24)16-8-9-21-10-17(16)18/h3-10,12H,11H2,1-2H3. The Morgan fingerprint density at radius 3 is 2.60 bits per heavy atom. The minimum Gasteiger partial charge on any atom is -0.361 e. The molecule has 0 radical (unpaired) electrons. The number of benzene rings is 1. The van der Waals surface area contributed by atoms with Gasteiger partial charge in [-0.15, -0.1) is 0 Å². The summed E-state index contributed by atoms with van der Waals surface area (Å²) in [5.41, 5.74) is 3.67. The zero-order valence-corrected chi connectivity index (χ0v) is 14.1. The first-order chi connectivity index (χ1) is 12.1. The molecule has 3 heterocycles. The van der Waals surface area contributed by atoms with Gasteiger partial charge in [0.15, 0.2) is 0 Å². The maximum Gasteiger partial charge on any atom is 0.258 e. The summed E-state index contributed by atoms with van der Waals surface area (Å²) >= 11 is 0. The Kier molecular flexibility index (Phi) is 3.69. The van der Waals surface area contributed by atoms with Crippen LogP contribution in [0.3, 0.4) is 0 Å². The number of aryl methyl sites for hydroxylation is 2. The molecule has 0 atom stereocenters. The van der Waals surface area contributed by atoms with E-state index < -0.39 is 0 Å². The first kappa shape index (κ1) is 15.3. The molecule has 5 nitrogen and oxygen atoms in total. The summed E-state index contributed by atoms with van der Waals surface area (Å²) in [6.07, 6.45) is 5.25. The fraction of sp³-hybridized carbons (Fsp3) is 0.150. The van der Waals surface area contributed by atoms with Gasteiger partial charge in [0.1, 0.15) is 5.76 Å². The molecule has 124 valence electrons. The summed E-state index contributed by atoms with van der Waals surface area (Å²) in [4.78, 5) is 17.1. The van der Waals surface area contributed by atoms with Crippen LogP contribution in [0.15, 0.2) is 64.3 Å². The lowest BCUT2D eigenvalue weighted by Crippen LogP contribution is -2.21. The lowest BCUT2D eigenvalue weighted by Gasteiger charge is -2.12. The molecule has 0 saturated heterocycles. The molecule has 0 aliphatic rings. The van der Waals surface area contributed by atoms with Crippen molar-refractivity contribution < 1.29 is 4.52 Å². The van der Waals surface area contributed by atoms with Gasteiger partial charge in [-0.25, -0.2) is 0 Å². The maximum absolute atomic E-state index is 12.9. The van der Waals surface area contributed by atoms with E-state index in [4.69, 9.17) is 4.52 Å². The third-order valence-electron chi connectivity index (χ3n) is 4.39. The topological polar surface area (TPSA) is 60.9 Å². The van der Waals surface area contributed by atoms with Gasteiger partial charge in [-0.1, -0.05) is 35.5 Å². The van der Waals surface area contributed by atoms with E-state index in [1.165, 1.54) is 0 Å². The molecule has 0 spiro atoms. The zero-order chi connectivity index (χ0) is 17.4. The Balaban J connectivity index is 1.99. The molecule has 0 saturated carbocycles. The molecule has 4 rings (SSSR count). The Morgan fingerprint density at radius 2 is 1.88 bits per heavy atom. The second-order valence-electron chi connectivity index (χ2n) is 6.08. The van der Waals surface area contributed by atoms with Gasteiger partial charge >= 0.3 is 0 Å². The van der Waals surface area contributed by atoms with Gasteiger partial charge in [0, 0.05) is 35.1 Å². The lowest BCUT2D eigenvalue weighted by molar-refractivity contribution is 0.393. The number of rotatable bonds is 3.